The standard InChI is InChI=1S/C8H11NOS/c1-6-5-11-8(9-6)4-3-7(2)10/h5H,3-4H2,1-2H3. The summed E-state index contributed by atoms with van der Waals surface area (Å²) in [5.74, 6) is 0.234. The number of carbonyl (C=O) groups is 1. The Bertz CT molecular complexity index is 254. The molecule has 0 aliphatic rings. The van der Waals surface area contributed by atoms with Gasteiger partial charge >= 0.3 is 0 Å². The molecule has 0 bridgehead atoms. The number of carbonyl (C=O) groups excluding carboxylic acids is 1. The Morgan fingerprint density at radius 3 is 2.91 bits per heavy atom. The largest absolute Gasteiger partial charge is 0.300 e. The molecule has 1 aromatic heterocycles. The van der Waals surface area contributed by atoms with Crippen LogP contribution in [0.2, 0.25) is 0 Å². The number of nitrogens with zero attached hydrogens (tertiary/aromatic N) is 1. The van der Waals surface area contributed by atoms with Gasteiger partial charge in [-0.1, -0.05) is 0 Å². The molecule has 0 amide bonds. The van der Waals surface area contributed by atoms with Crippen LogP contribution >= 0.6 is 11.3 Å². The molecule has 1 heterocycles. The molecule has 0 aromatic carbocycles. The normalized spacial score (nSPS) is 10.0. The molecule has 0 aliphatic carbocycles. The molecule has 3 heteroatoms. The van der Waals surface area contributed by atoms with Gasteiger partial charge in [-0.15, -0.1) is 11.3 Å². The Kier molecular flexibility index (Phi) is 2.76. The van der Waals surface area contributed by atoms with E-state index in [9.17, 15) is 4.79 Å². The van der Waals surface area contributed by atoms with Crippen LogP contribution in [0, 0.1) is 6.92 Å². The molecule has 0 spiro atoms. The maximum atomic E-state index is 10.6. The predicted octanol–water partition coefficient (Wildman–Crippen LogP) is 1.97. The smallest absolute Gasteiger partial charge is 0.130 e. The topological polar surface area (TPSA) is 30.0 Å². The van der Waals surface area contributed by atoms with Gasteiger partial charge in [0.15, 0.2) is 0 Å². The van der Waals surface area contributed by atoms with E-state index in [2.05, 4.69) is 4.98 Å². The number of ketones is 1. The van der Waals surface area contributed by atoms with Gasteiger partial charge in [-0.3, -0.25) is 0 Å². The summed E-state index contributed by atoms with van der Waals surface area (Å²) in [6.07, 6.45) is 1.42. The first-order chi connectivity index (χ1) is 5.18. The van der Waals surface area contributed by atoms with Gasteiger partial charge in [0.05, 0.1) is 5.01 Å². The number of hydrogen-bond acceptors (Lipinski definition) is 3. The number of thiazole rings is 1. The Labute approximate surface area is 70.3 Å². The van der Waals surface area contributed by atoms with Crippen molar-refractivity contribution in [2.24, 2.45) is 0 Å². The minimum atomic E-state index is 0.234. The Morgan fingerprint density at radius 2 is 2.45 bits per heavy atom. The van der Waals surface area contributed by atoms with Crippen molar-refractivity contribution in [2.75, 3.05) is 0 Å². The van der Waals surface area contributed by atoms with E-state index in [1.807, 2.05) is 12.3 Å². The minimum Gasteiger partial charge on any atom is -0.300 e. The Balaban J connectivity index is 2.45. The van der Waals surface area contributed by atoms with Gasteiger partial charge in [0.2, 0.25) is 0 Å². The molecular formula is C8H11NOS. The zero-order valence-corrected chi connectivity index (χ0v) is 7.57. The molecule has 1 rings (SSSR count). The van der Waals surface area contributed by atoms with Crippen LogP contribution in [0.4, 0.5) is 0 Å². The summed E-state index contributed by atoms with van der Waals surface area (Å²) < 4.78 is 0. The second-order valence-corrected chi connectivity index (χ2v) is 3.53. The SMILES string of the molecule is CC(=O)CCc1nc(C)cs1. The van der Waals surface area contributed by atoms with Crippen LogP contribution < -0.4 is 0 Å². The number of aryl methyl sites for hydroxylation is 2. The lowest BCUT2D eigenvalue weighted by atomic mass is 10.2. The molecule has 0 radical (unpaired) electrons. The molecular weight excluding hydrogens is 158 g/mol. The maximum Gasteiger partial charge on any atom is 0.130 e. The van der Waals surface area contributed by atoms with Crippen molar-refractivity contribution in [1.82, 2.24) is 4.98 Å². The lowest BCUT2D eigenvalue weighted by molar-refractivity contribution is -0.116. The lowest BCUT2D eigenvalue weighted by Gasteiger charge is -1.89. The fraction of sp³-hybridized carbons (Fsp3) is 0.500. The summed E-state index contributed by atoms with van der Waals surface area (Å²) in [7, 11) is 0. The van der Waals surface area contributed by atoms with E-state index in [1.54, 1.807) is 18.3 Å². The maximum absolute atomic E-state index is 10.6. The van der Waals surface area contributed by atoms with Crippen LogP contribution in [-0.2, 0) is 11.2 Å². The van der Waals surface area contributed by atoms with Crippen LogP contribution in [0.3, 0.4) is 0 Å². The third-order valence-corrected chi connectivity index (χ3v) is 2.38. The number of aromatic nitrogens is 1. The van der Waals surface area contributed by atoms with Crippen molar-refractivity contribution in [2.45, 2.75) is 26.7 Å². The molecule has 2 nitrogen and oxygen atoms in total. The fourth-order valence-corrected chi connectivity index (χ4v) is 1.58. The average Bonchev–Trinajstić information content (AvgIpc) is 2.31. The molecule has 0 saturated carbocycles. The molecule has 1 aromatic rings. The first kappa shape index (κ1) is 8.40. The van der Waals surface area contributed by atoms with Crippen molar-refractivity contribution in [3.05, 3.63) is 16.1 Å². The highest BCUT2D eigenvalue weighted by atomic mass is 32.1. The van der Waals surface area contributed by atoms with E-state index in [0.29, 0.717) is 6.42 Å². The number of Topliss-reactive ketones (excluding diaryl/α,β-unsaturated/α-hetero) is 1. The fourth-order valence-electron chi connectivity index (χ4n) is 0.800. The summed E-state index contributed by atoms with van der Waals surface area (Å²) in [6.45, 7) is 3.58. The van der Waals surface area contributed by atoms with Gasteiger partial charge in [0.1, 0.15) is 5.78 Å². The van der Waals surface area contributed by atoms with E-state index in [0.717, 1.165) is 17.1 Å². The summed E-state index contributed by atoms with van der Waals surface area (Å²) in [6, 6.07) is 0. The summed E-state index contributed by atoms with van der Waals surface area (Å²) in [5.41, 5.74) is 1.05. The Hall–Kier alpha value is -0.700. The molecule has 0 N–H and O–H groups in total. The van der Waals surface area contributed by atoms with Gasteiger partial charge < -0.3 is 4.79 Å². The van der Waals surface area contributed by atoms with Crippen LogP contribution in [0.15, 0.2) is 5.38 Å². The van der Waals surface area contributed by atoms with Crippen LogP contribution in [0.1, 0.15) is 24.0 Å². The van der Waals surface area contributed by atoms with E-state index in [1.165, 1.54) is 0 Å². The van der Waals surface area contributed by atoms with Gasteiger partial charge in [0.25, 0.3) is 0 Å². The zero-order valence-electron chi connectivity index (χ0n) is 6.76. The van der Waals surface area contributed by atoms with Crippen molar-refractivity contribution < 1.29 is 4.79 Å². The predicted molar refractivity (Wildman–Crippen MR) is 45.9 cm³/mol. The van der Waals surface area contributed by atoms with E-state index in [-0.39, 0.29) is 5.78 Å². The third-order valence-electron chi connectivity index (χ3n) is 1.36. The van der Waals surface area contributed by atoms with E-state index < -0.39 is 0 Å². The summed E-state index contributed by atoms with van der Waals surface area (Å²) in [5, 5.41) is 3.08. The highest BCUT2D eigenvalue weighted by Crippen LogP contribution is 2.10. The molecule has 0 saturated heterocycles. The second-order valence-electron chi connectivity index (χ2n) is 2.58. The van der Waals surface area contributed by atoms with Crippen LogP contribution in [0.25, 0.3) is 0 Å². The molecule has 0 unspecified atom stereocenters. The molecule has 60 valence electrons. The summed E-state index contributed by atoms with van der Waals surface area (Å²) >= 11 is 1.63. The van der Waals surface area contributed by atoms with E-state index >= 15 is 0 Å². The van der Waals surface area contributed by atoms with E-state index in [4.69, 9.17) is 0 Å². The van der Waals surface area contributed by atoms with Gasteiger partial charge in [-0.2, -0.15) is 0 Å². The summed E-state index contributed by atoms with van der Waals surface area (Å²) in [4.78, 5) is 14.8. The first-order valence-electron chi connectivity index (χ1n) is 3.59. The number of hydrogen-bond donors (Lipinski definition) is 0. The van der Waals surface area contributed by atoms with Gasteiger partial charge in [-0.05, 0) is 13.8 Å². The van der Waals surface area contributed by atoms with Crippen molar-refractivity contribution in [1.29, 1.82) is 0 Å². The molecule has 0 aliphatic heterocycles. The zero-order chi connectivity index (χ0) is 8.27. The highest BCUT2D eigenvalue weighted by molar-refractivity contribution is 7.09. The van der Waals surface area contributed by atoms with Crippen LogP contribution in [-0.4, -0.2) is 10.8 Å². The average molecular weight is 169 g/mol. The lowest BCUT2D eigenvalue weighted by Crippen LogP contribution is -1.93. The molecule has 0 atom stereocenters. The minimum absolute atomic E-state index is 0.234. The monoisotopic (exact) mass is 169 g/mol. The van der Waals surface area contributed by atoms with Crippen molar-refractivity contribution >= 4 is 17.1 Å². The third kappa shape index (κ3) is 2.80. The Morgan fingerprint density at radius 1 is 1.73 bits per heavy atom. The first-order valence-corrected chi connectivity index (χ1v) is 4.47. The molecule has 0 fully saturated rings. The van der Waals surface area contributed by atoms with Gasteiger partial charge in [0, 0.05) is 23.9 Å². The van der Waals surface area contributed by atoms with Gasteiger partial charge in [-0.25, -0.2) is 4.98 Å². The highest BCUT2D eigenvalue weighted by Gasteiger charge is 1.99. The van der Waals surface area contributed by atoms with Crippen molar-refractivity contribution in [3.8, 4) is 0 Å². The molecule has 11 heavy (non-hydrogen) atoms. The second kappa shape index (κ2) is 3.62. The van der Waals surface area contributed by atoms with Crippen LogP contribution in [0.5, 0.6) is 0 Å². The van der Waals surface area contributed by atoms with Crippen molar-refractivity contribution in [3.63, 3.8) is 0 Å². The quantitative estimate of drug-likeness (QED) is 0.692. The number of rotatable bonds is 3.